The zero-order valence-corrected chi connectivity index (χ0v) is 75.8. The molecule has 676 valence electrons. The molecule has 4 aromatic carbocycles. The van der Waals surface area contributed by atoms with Gasteiger partial charge < -0.3 is 85.2 Å². The third kappa shape index (κ3) is 31.8. The first-order valence-electron chi connectivity index (χ1n) is 44.7. The maximum absolute atomic E-state index is 15.9. The molecule has 1 fully saturated rings. The second-order valence-electron chi connectivity index (χ2n) is 31.8. The molecule has 13 heterocycles. The van der Waals surface area contributed by atoms with Gasteiger partial charge in [-0.15, -0.1) is 0 Å². The summed E-state index contributed by atoms with van der Waals surface area (Å²) in [6.45, 7) is 24.7. The molecule has 31 heteroatoms. The highest BCUT2D eigenvalue weighted by atomic mass is 32.2. The average Bonchev–Trinajstić information content (AvgIpc) is 1.17. The lowest BCUT2D eigenvalue weighted by Gasteiger charge is -2.32. The van der Waals surface area contributed by atoms with Crippen molar-refractivity contribution in [2.75, 3.05) is 144 Å². The van der Waals surface area contributed by atoms with Crippen molar-refractivity contribution in [2.24, 2.45) is 0 Å². The van der Waals surface area contributed by atoms with E-state index in [1.54, 1.807) is 69.3 Å². The highest BCUT2D eigenvalue weighted by molar-refractivity contribution is 8.23. The molecule has 122 heavy (non-hydrogen) atoms. The van der Waals surface area contributed by atoms with Gasteiger partial charge in [-0.3, -0.25) is 53.1 Å². The standard InChI is InChI=1S/C91H137N11O18S2/c1-12-20-52-112-73-65-33-34-66(74(73)113-53-21-13-2)85(107)96-46-50-101-61-63(31-28-29-41-97-89(111)120-91(9,10)11)98-86(108)70-37-35-67(75(114-54-22-14-3)78(70)117-57-25-17-6)83(105)94-44-48-100(47-43-93-82(65)104)49-45-95-84(106)68-36-38-71(79(118-58-26-18-7)76(68)115-55-23-15-4)87(109)99-64(62-101)32-30-42-92-81(103)69-39-40-72(88(110)102-51-60-122-90(102)121)80(119-59-27-19-8)77(69)116-56-24-16-5/h33-40,63-64H,12-32,41-62H2,1-11H3,(H,92,103)(H,93,104)(H,94,105)(H,95,106)(H,96,107)(H,97,111)(H,98,108)(H,99,109)/t63-,64-/m0/s1. The van der Waals surface area contributed by atoms with E-state index in [1.165, 1.54) is 16.7 Å². The Morgan fingerprint density at radius 2 is 0.705 bits per heavy atom. The van der Waals surface area contributed by atoms with Crippen LogP contribution < -0.4 is 80.4 Å². The summed E-state index contributed by atoms with van der Waals surface area (Å²) < 4.78 is 58.4. The lowest BCUT2D eigenvalue weighted by molar-refractivity contribution is 0.0525. The summed E-state index contributed by atoms with van der Waals surface area (Å²) in [5, 5.41) is 25.2. The van der Waals surface area contributed by atoms with Gasteiger partial charge in [0, 0.05) is 103 Å². The highest BCUT2D eigenvalue weighted by Gasteiger charge is 2.35. The minimum Gasteiger partial charge on any atom is -0.489 e. The first-order valence-corrected chi connectivity index (χ1v) is 46.1. The topological polar surface area (TPSA) is 343 Å². The minimum atomic E-state index is -0.827. The van der Waals surface area contributed by atoms with Crippen LogP contribution in [0, 0.1) is 0 Å². The molecule has 4 atom stereocenters. The normalized spacial score (nSPS) is 17.2. The van der Waals surface area contributed by atoms with Gasteiger partial charge in [-0.25, -0.2) is 4.79 Å². The lowest BCUT2D eigenvalue weighted by atomic mass is 10.0. The van der Waals surface area contributed by atoms with Crippen LogP contribution in [-0.4, -0.2) is 234 Å². The smallest absolute Gasteiger partial charge is 0.407 e. The van der Waals surface area contributed by atoms with Crippen molar-refractivity contribution >= 4 is 81.7 Å². The number of carbonyl (C=O) groups excluding carboxylic acids is 9. The van der Waals surface area contributed by atoms with Gasteiger partial charge in [0.15, 0.2) is 46.0 Å². The predicted molar refractivity (Wildman–Crippen MR) is 479 cm³/mol. The van der Waals surface area contributed by atoms with E-state index in [0.29, 0.717) is 87.2 Å². The number of carbonyl (C=O) groups is 9. The largest absolute Gasteiger partial charge is 0.489 e. The zero-order valence-electron chi connectivity index (χ0n) is 74.2. The van der Waals surface area contributed by atoms with Crippen molar-refractivity contribution in [3.63, 3.8) is 0 Å². The van der Waals surface area contributed by atoms with E-state index >= 15 is 19.2 Å². The maximum atomic E-state index is 15.9. The fourth-order valence-corrected chi connectivity index (χ4v) is 14.8. The van der Waals surface area contributed by atoms with E-state index < -0.39 is 65.1 Å². The molecule has 8 N–H and O–H groups in total. The number of thiocarbonyl (C=S) groups is 1. The molecule has 0 aromatic heterocycles. The number of ether oxygens (including phenoxy) is 9. The Morgan fingerprint density at radius 1 is 0.393 bits per heavy atom. The summed E-state index contributed by atoms with van der Waals surface area (Å²) in [6, 6.07) is 10.9. The van der Waals surface area contributed by atoms with Crippen LogP contribution in [0.4, 0.5) is 4.79 Å². The third-order valence-corrected chi connectivity index (χ3v) is 21.9. The fraction of sp³-hybridized carbons (Fsp3) is 0.626. The Balaban J connectivity index is 1.46. The number of nitrogens with zero attached hydrogens (tertiary/aromatic N) is 3. The van der Waals surface area contributed by atoms with E-state index in [4.69, 9.17) is 54.8 Å². The number of alkyl carbamates (subject to hydrolysis) is 1. The number of nitrogens with one attached hydrogen (secondary N) is 8. The summed E-state index contributed by atoms with van der Waals surface area (Å²) >= 11 is 7.03. The van der Waals surface area contributed by atoms with Crippen LogP contribution in [0.1, 0.15) is 294 Å². The van der Waals surface area contributed by atoms with E-state index in [2.05, 4.69) is 42.5 Å². The molecular weight excluding hydrogens is 1600 g/mol. The number of rotatable bonds is 43. The van der Waals surface area contributed by atoms with Gasteiger partial charge in [-0.1, -0.05) is 131 Å². The van der Waals surface area contributed by atoms with E-state index in [1.807, 2.05) is 65.2 Å². The summed E-state index contributed by atoms with van der Waals surface area (Å²) in [5.74, 6) is -2.63. The van der Waals surface area contributed by atoms with Gasteiger partial charge >= 0.3 is 6.09 Å². The maximum Gasteiger partial charge on any atom is 0.407 e. The van der Waals surface area contributed by atoms with E-state index in [9.17, 15) is 24.0 Å². The van der Waals surface area contributed by atoms with Crippen molar-refractivity contribution in [3.8, 4) is 46.0 Å². The SMILES string of the molecule is CCCCOc1c2ccc(c1OCCCC)C(=O)NCCN1C[C@H](CCCCNC(=O)OC(C)(C)C)NC(=O)c3ccc(c(OCCCC)c3OCCCC)C(=O)NCCN(CCNC2=O)CCNC(=O)c2ccc(c(OCCCC)c2OCCCC)C(=O)N[C@@H](CCCNC(=O)c2ccc(C(=O)N3CCSC3=S)c(OCCCC)c2OCCCC)C1. The van der Waals surface area contributed by atoms with Crippen molar-refractivity contribution in [3.05, 3.63) is 93.0 Å². The minimum absolute atomic E-state index is 0.0308. The molecule has 13 aliphatic heterocycles. The Bertz CT molecular complexity index is 4050. The number of unbranched alkanes of at least 4 members (excludes halogenated alkanes) is 9. The first-order chi connectivity index (χ1) is 59.0. The number of thioether (sulfide) groups is 1. The Labute approximate surface area is 732 Å². The van der Waals surface area contributed by atoms with Gasteiger partial charge in [0.1, 0.15) is 9.92 Å². The Hall–Kier alpha value is -9.33. The summed E-state index contributed by atoms with van der Waals surface area (Å²) in [4.78, 5) is 140. The molecule has 29 nitrogen and oxygen atoms in total. The average molecular weight is 1740 g/mol. The van der Waals surface area contributed by atoms with Crippen LogP contribution in [0.5, 0.6) is 46.0 Å². The molecule has 2 unspecified atom stereocenters. The molecule has 13 aliphatic rings. The van der Waals surface area contributed by atoms with Crippen LogP contribution in [-0.2, 0) is 4.74 Å². The van der Waals surface area contributed by atoms with Gasteiger partial charge in [0.05, 0.1) is 97.4 Å². The van der Waals surface area contributed by atoms with Crippen molar-refractivity contribution in [1.82, 2.24) is 57.2 Å². The molecule has 0 radical (unpaired) electrons. The lowest BCUT2D eigenvalue weighted by Crippen LogP contribution is -2.51. The Kier molecular flexibility index (Phi) is 44.4. The zero-order chi connectivity index (χ0) is 88.2. The van der Waals surface area contributed by atoms with Crippen LogP contribution in [0.25, 0.3) is 0 Å². The van der Waals surface area contributed by atoms with Crippen molar-refractivity contribution in [1.29, 1.82) is 0 Å². The summed E-state index contributed by atoms with van der Waals surface area (Å²) in [6.07, 6.45) is 12.1. The summed E-state index contributed by atoms with van der Waals surface area (Å²) in [7, 11) is 0. The second kappa shape index (κ2) is 54.3. The van der Waals surface area contributed by atoms with Crippen molar-refractivity contribution in [2.45, 2.75) is 229 Å². The van der Waals surface area contributed by atoms with Crippen LogP contribution in [0.3, 0.4) is 0 Å². The number of amides is 9. The molecule has 17 rings (SSSR count). The van der Waals surface area contributed by atoms with Crippen LogP contribution >= 0.6 is 24.0 Å². The molecule has 4 aromatic rings. The molecule has 0 saturated carbocycles. The third-order valence-electron chi connectivity index (χ3n) is 20.5. The van der Waals surface area contributed by atoms with Gasteiger partial charge in [-0.05, 0) is 153 Å². The molecule has 9 amide bonds. The number of hydrogen-bond acceptors (Lipinski definition) is 22. The van der Waals surface area contributed by atoms with Gasteiger partial charge in [0.2, 0.25) is 0 Å². The molecule has 0 aliphatic carbocycles. The quantitative estimate of drug-likeness (QED) is 0.0151. The molecular formula is C91H137N11O18S2. The van der Waals surface area contributed by atoms with E-state index in [0.717, 1.165) is 51.4 Å². The first kappa shape index (κ1) is 99.8. The number of hydrogen-bond donors (Lipinski definition) is 8. The predicted octanol–water partition coefficient (Wildman–Crippen LogP) is 13.6. The molecule has 1 saturated heterocycles. The molecule has 0 spiro atoms. The summed E-state index contributed by atoms with van der Waals surface area (Å²) in [5.41, 5.74) is 0.274. The monoisotopic (exact) mass is 1740 g/mol. The van der Waals surface area contributed by atoms with Crippen LogP contribution in [0.15, 0.2) is 48.5 Å². The Morgan fingerprint density at radius 3 is 1.04 bits per heavy atom. The second-order valence-corrected chi connectivity index (χ2v) is 33.5. The van der Waals surface area contributed by atoms with E-state index in [-0.39, 0.29) is 241 Å². The van der Waals surface area contributed by atoms with Crippen molar-refractivity contribution < 1.29 is 85.8 Å². The number of benzene rings is 4. The molecule has 8 bridgehead atoms. The highest BCUT2D eigenvalue weighted by Crippen LogP contribution is 2.41. The van der Waals surface area contributed by atoms with Gasteiger partial charge in [0.25, 0.3) is 47.3 Å². The van der Waals surface area contributed by atoms with Gasteiger partial charge in [-0.2, -0.15) is 0 Å². The fourth-order valence-electron chi connectivity index (χ4n) is 13.6. The van der Waals surface area contributed by atoms with Crippen LogP contribution in [0.2, 0.25) is 0 Å².